The number of fused-ring (bicyclic) bond motifs is 1. The van der Waals surface area contributed by atoms with E-state index in [2.05, 4.69) is 25.5 Å². The smallest absolute Gasteiger partial charge is 0.260 e. The first-order chi connectivity index (χ1) is 13.2. The van der Waals surface area contributed by atoms with E-state index >= 15 is 0 Å². The molecule has 1 aliphatic rings. The number of hydrogen-bond acceptors (Lipinski definition) is 7. The highest BCUT2D eigenvalue weighted by atomic mass is 35.5. The summed E-state index contributed by atoms with van der Waals surface area (Å²) in [5.41, 5.74) is 1.49. The Balaban J connectivity index is 1.46. The highest BCUT2D eigenvalue weighted by Crippen LogP contribution is 2.37. The van der Waals surface area contributed by atoms with E-state index in [4.69, 9.17) is 11.6 Å². The van der Waals surface area contributed by atoms with E-state index in [1.165, 1.54) is 23.1 Å². The molecule has 7 nitrogen and oxygen atoms in total. The molecule has 0 atom stereocenters. The van der Waals surface area contributed by atoms with Crippen LogP contribution in [-0.2, 0) is 5.75 Å². The Kier molecular flexibility index (Phi) is 4.22. The van der Waals surface area contributed by atoms with E-state index < -0.39 is 0 Å². The number of benzene rings is 1. The van der Waals surface area contributed by atoms with Gasteiger partial charge in [0.05, 0.1) is 17.2 Å². The lowest BCUT2D eigenvalue weighted by Crippen LogP contribution is -2.11. The van der Waals surface area contributed by atoms with Crippen LogP contribution in [0.5, 0.6) is 0 Å². The summed E-state index contributed by atoms with van der Waals surface area (Å²) >= 11 is 9.22. The van der Waals surface area contributed by atoms with Crippen LogP contribution in [0.25, 0.3) is 21.3 Å². The summed E-state index contributed by atoms with van der Waals surface area (Å²) in [6, 6.07) is 7.91. The van der Waals surface area contributed by atoms with E-state index in [0.717, 1.165) is 29.1 Å². The van der Waals surface area contributed by atoms with Crippen molar-refractivity contribution in [1.29, 1.82) is 0 Å². The van der Waals surface area contributed by atoms with Gasteiger partial charge in [0.25, 0.3) is 5.56 Å². The van der Waals surface area contributed by atoms with Crippen LogP contribution in [0.3, 0.4) is 0 Å². The van der Waals surface area contributed by atoms with E-state index in [9.17, 15) is 4.79 Å². The molecule has 0 amide bonds. The fourth-order valence-corrected chi connectivity index (χ4v) is 4.91. The first kappa shape index (κ1) is 16.9. The standard InChI is InChI=1S/C17H13ClN6OS2/c18-12-4-2-1-3-10(12)11-7-26-16-14(11)15(25)19-13(20-16)8-27-17-21-22-23-24(17)9-5-6-9/h1-4,7,9H,5-6,8H2,(H,19,20,25). The Labute approximate surface area is 166 Å². The third-order valence-corrected chi connectivity index (χ3v) is 6.50. The van der Waals surface area contributed by atoms with Crippen LogP contribution in [0.15, 0.2) is 39.6 Å². The van der Waals surface area contributed by atoms with Crippen LogP contribution in [0.2, 0.25) is 5.02 Å². The number of nitrogens with one attached hydrogen (secondary N) is 1. The summed E-state index contributed by atoms with van der Waals surface area (Å²) in [6.45, 7) is 0. The molecule has 1 fully saturated rings. The fraction of sp³-hybridized carbons (Fsp3) is 0.235. The Bertz CT molecular complexity index is 1200. The molecule has 3 heterocycles. The normalized spacial score (nSPS) is 14.1. The van der Waals surface area contributed by atoms with Gasteiger partial charge in [-0.05, 0) is 29.3 Å². The quantitative estimate of drug-likeness (QED) is 0.496. The molecular formula is C17H13ClN6OS2. The fourth-order valence-electron chi connectivity index (χ4n) is 2.90. The minimum Gasteiger partial charge on any atom is -0.309 e. The van der Waals surface area contributed by atoms with Crippen molar-refractivity contribution >= 4 is 44.9 Å². The first-order valence-electron chi connectivity index (χ1n) is 8.36. The van der Waals surface area contributed by atoms with Crippen molar-refractivity contribution in [3.05, 3.63) is 50.8 Å². The molecule has 27 heavy (non-hydrogen) atoms. The average Bonchev–Trinajstić information content (AvgIpc) is 3.24. The summed E-state index contributed by atoms with van der Waals surface area (Å²) in [5.74, 6) is 1.10. The summed E-state index contributed by atoms with van der Waals surface area (Å²) < 4.78 is 1.85. The van der Waals surface area contributed by atoms with Crippen LogP contribution in [0.4, 0.5) is 0 Å². The zero-order valence-corrected chi connectivity index (χ0v) is 16.3. The second kappa shape index (κ2) is 6.74. The predicted molar refractivity (Wildman–Crippen MR) is 106 cm³/mol. The molecule has 0 aliphatic heterocycles. The molecule has 1 aromatic carbocycles. The number of H-pyrrole nitrogens is 1. The third kappa shape index (κ3) is 3.15. The van der Waals surface area contributed by atoms with E-state index in [1.54, 1.807) is 0 Å². The predicted octanol–water partition coefficient (Wildman–Crippen LogP) is 3.92. The number of aromatic nitrogens is 6. The molecule has 10 heteroatoms. The number of rotatable bonds is 5. The second-order valence-electron chi connectivity index (χ2n) is 6.25. The van der Waals surface area contributed by atoms with Crippen LogP contribution in [0, 0.1) is 0 Å². The number of thiophene rings is 1. The summed E-state index contributed by atoms with van der Waals surface area (Å²) in [5, 5.41) is 15.7. The number of aromatic amines is 1. The van der Waals surface area contributed by atoms with E-state index in [0.29, 0.717) is 32.9 Å². The first-order valence-corrected chi connectivity index (χ1v) is 10.6. The number of tetrazole rings is 1. The average molecular weight is 417 g/mol. The van der Waals surface area contributed by atoms with Crippen molar-refractivity contribution in [3.63, 3.8) is 0 Å². The molecule has 4 aromatic rings. The van der Waals surface area contributed by atoms with Gasteiger partial charge in [0.1, 0.15) is 10.7 Å². The van der Waals surface area contributed by atoms with Crippen molar-refractivity contribution in [1.82, 2.24) is 30.2 Å². The molecule has 3 aromatic heterocycles. The Morgan fingerprint density at radius 1 is 1.30 bits per heavy atom. The van der Waals surface area contributed by atoms with Crippen LogP contribution < -0.4 is 5.56 Å². The number of nitrogens with zero attached hydrogens (tertiary/aromatic N) is 5. The minimum atomic E-state index is -0.159. The van der Waals surface area contributed by atoms with E-state index in [1.807, 2.05) is 34.3 Å². The number of halogens is 1. The van der Waals surface area contributed by atoms with Gasteiger partial charge < -0.3 is 4.98 Å². The van der Waals surface area contributed by atoms with Crippen LogP contribution >= 0.6 is 34.7 Å². The van der Waals surface area contributed by atoms with Gasteiger partial charge in [-0.15, -0.1) is 16.4 Å². The van der Waals surface area contributed by atoms with Gasteiger partial charge in [-0.25, -0.2) is 9.67 Å². The van der Waals surface area contributed by atoms with Crippen molar-refractivity contribution < 1.29 is 0 Å². The highest BCUT2D eigenvalue weighted by Gasteiger charge is 2.28. The lowest BCUT2D eigenvalue weighted by Gasteiger charge is -2.04. The van der Waals surface area contributed by atoms with Crippen molar-refractivity contribution in [2.45, 2.75) is 29.8 Å². The summed E-state index contributed by atoms with van der Waals surface area (Å²) in [4.78, 5) is 20.9. The maximum Gasteiger partial charge on any atom is 0.260 e. The highest BCUT2D eigenvalue weighted by molar-refractivity contribution is 7.98. The summed E-state index contributed by atoms with van der Waals surface area (Å²) in [6.07, 6.45) is 2.22. The van der Waals surface area contributed by atoms with E-state index in [-0.39, 0.29) is 5.56 Å². The van der Waals surface area contributed by atoms with Gasteiger partial charge in [-0.2, -0.15) is 0 Å². The van der Waals surface area contributed by atoms with Gasteiger partial charge in [-0.3, -0.25) is 4.79 Å². The Morgan fingerprint density at radius 2 is 2.15 bits per heavy atom. The molecule has 0 bridgehead atoms. The van der Waals surface area contributed by atoms with Crippen molar-refractivity contribution in [3.8, 4) is 11.1 Å². The monoisotopic (exact) mass is 416 g/mol. The molecule has 0 saturated heterocycles. The molecule has 0 radical (unpaired) electrons. The van der Waals surface area contributed by atoms with Gasteiger partial charge in [0.15, 0.2) is 0 Å². The lowest BCUT2D eigenvalue weighted by atomic mass is 10.1. The second-order valence-corrected chi connectivity index (χ2v) is 8.46. The summed E-state index contributed by atoms with van der Waals surface area (Å²) in [7, 11) is 0. The largest absolute Gasteiger partial charge is 0.309 e. The molecule has 5 rings (SSSR count). The topological polar surface area (TPSA) is 89.4 Å². The van der Waals surface area contributed by atoms with Crippen LogP contribution in [0.1, 0.15) is 24.7 Å². The maximum atomic E-state index is 12.7. The minimum absolute atomic E-state index is 0.159. The zero-order chi connectivity index (χ0) is 18.4. The van der Waals surface area contributed by atoms with Gasteiger partial charge >= 0.3 is 0 Å². The molecule has 1 N–H and O–H groups in total. The Morgan fingerprint density at radius 3 is 2.96 bits per heavy atom. The molecule has 0 unspecified atom stereocenters. The molecule has 1 aliphatic carbocycles. The molecule has 0 spiro atoms. The van der Waals surface area contributed by atoms with Gasteiger partial charge in [0, 0.05) is 21.5 Å². The van der Waals surface area contributed by atoms with Gasteiger partial charge in [-0.1, -0.05) is 41.6 Å². The van der Waals surface area contributed by atoms with Crippen LogP contribution in [-0.4, -0.2) is 30.2 Å². The number of hydrogen-bond donors (Lipinski definition) is 1. The maximum absolute atomic E-state index is 12.7. The lowest BCUT2D eigenvalue weighted by molar-refractivity contribution is 0.565. The third-order valence-electron chi connectivity index (χ3n) is 4.35. The van der Waals surface area contributed by atoms with Crippen molar-refractivity contribution in [2.75, 3.05) is 0 Å². The molecule has 1 saturated carbocycles. The number of thioether (sulfide) groups is 1. The SMILES string of the molecule is O=c1[nH]c(CSc2nnnn2C2CC2)nc2scc(-c3ccccc3Cl)c12. The van der Waals surface area contributed by atoms with Gasteiger partial charge in [0.2, 0.25) is 5.16 Å². The molecular weight excluding hydrogens is 404 g/mol. The van der Waals surface area contributed by atoms with Crippen molar-refractivity contribution in [2.24, 2.45) is 0 Å². The Hall–Kier alpha value is -2.23. The zero-order valence-electron chi connectivity index (χ0n) is 13.9. The molecule has 136 valence electrons.